The number of hydrogen-bond donors (Lipinski definition) is 0. The van der Waals surface area contributed by atoms with Crippen molar-refractivity contribution in [2.24, 2.45) is 0 Å². The summed E-state index contributed by atoms with van der Waals surface area (Å²) in [5.41, 5.74) is 2.63. The number of Topliss-reactive ketones (excluding diaryl/α,β-unsaturated/α-hetero) is 1. The third-order valence-corrected chi connectivity index (χ3v) is 5.03. The van der Waals surface area contributed by atoms with E-state index in [1.807, 2.05) is 18.2 Å². The van der Waals surface area contributed by atoms with Gasteiger partial charge in [0.25, 0.3) is 0 Å². The van der Waals surface area contributed by atoms with E-state index >= 15 is 0 Å². The third-order valence-electron chi connectivity index (χ3n) is 4.73. The van der Waals surface area contributed by atoms with Crippen molar-refractivity contribution in [1.29, 1.82) is 0 Å². The van der Waals surface area contributed by atoms with Gasteiger partial charge in [-0.15, -0.1) is 5.10 Å². The first-order chi connectivity index (χ1) is 14.9. The topological polar surface area (TPSA) is 74.1 Å². The highest BCUT2D eigenvalue weighted by molar-refractivity contribution is 6.30. The number of nitrogens with zero attached hydrogens (tertiary/aromatic N) is 3. The molecule has 8 heteroatoms. The van der Waals surface area contributed by atoms with Crippen LogP contribution in [0.25, 0.3) is 11.4 Å². The zero-order chi connectivity index (χ0) is 22.4. The lowest BCUT2D eigenvalue weighted by Crippen LogP contribution is -2.19. The first-order valence-corrected chi connectivity index (χ1v) is 10.5. The molecule has 31 heavy (non-hydrogen) atoms. The molecule has 0 saturated carbocycles. The Bertz CT molecular complexity index is 1100. The molecule has 3 aromatic rings. The fraction of sp³-hybridized carbons (Fsp3) is 0.304. The van der Waals surface area contributed by atoms with Gasteiger partial charge >= 0.3 is 5.97 Å². The second-order valence-electron chi connectivity index (χ2n) is 6.98. The Balaban J connectivity index is 1.79. The number of esters is 1. The molecule has 0 atom stereocenters. The highest BCUT2D eigenvalue weighted by Crippen LogP contribution is 2.22. The van der Waals surface area contributed by atoms with Gasteiger partial charge in [0.2, 0.25) is 5.82 Å². The van der Waals surface area contributed by atoms with Gasteiger partial charge in [-0.25, -0.2) is 18.9 Å². The van der Waals surface area contributed by atoms with Gasteiger partial charge in [0.15, 0.2) is 11.6 Å². The number of carbonyl (C=O) groups is 2. The molecule has 0 bridgehead atoms. The van der Waals surface area contributed by atoms with Crippen LogP contribution >= 0.6 is 11.6 Å². The molecule has 1 aromatic heterocycles. The van der Waals surface area contributed by atoms with E-state index < -0.39 is 11.8 Å². The molecule has 0 fully saturated rings. The minimum atomic E-state index is -0.695. The lowest BCUT2D eigenvalue weighted by Gasteiger charge is -2.06. The quantitative estimate of drug-likeness (QED) is 0.449. The van der Waals surface area contributed by atoms with Crippen molar-refractivity contribution in [3.8, 4) is 11.4 Å². The minimum Gasteiger partial charge on any atom is -0.460 e. The summed E-state index contributed by atoms with van der Waals surface area (Å²) in [6.45, 7) is 3.77. The Kier molecular flexibility index (Phi) is 7.52. The van der Waals surface area contributed by atoms with Crippen molar-refractivity contribution >= 4 is 23.4 Å². The van der Waals surface area contributed by atoms with Crippen molar-refractivity contribution in [3.63, 3.8) is 0 Å². The predicted octanol–water partition coefficient (Wildman–Crippen LogP) is 4.68. The van der Waals surface area contributed by atoms with E-state index in [4.69, 9.17) is 16.3 Å². The molecule has 0 saturated heterocycles. The summed E-state index contributed by atoms with van der Waals surface area (Å²) in [7, 11) is 0. The van der Waals surface area contributed by atoms with E-state index in [9.17, 15) is 14.0 Å². The van der Waals surface area contributed by atoms with Gasteiger partial charge in [-0.05, 0) is 49.1 Å². The molecule has 0 N–H and O–H groups in total. The van der Waals surface area contributed by atoms with Crippen LogP contribution in [0.15, 0.2) is 42.5 Å². The zero-order valence-corrected chi connectivity index (χ0v) is 18.2. The molecule has 0 unspecified atom stereocenters. The number of carbonyl (C=O) groups excluding carboxylic acids is 2. The van der Waals surface area contributed by atoms with E-state index in [0.717, 1.165) is 12.0 Å². The highest BCUT2D eigenvalue weighted by Gasteiger charge is 2.21. The number of benzene rings is 2. The van der Waals surface area contributed by atoms with Gasteiger partial charge < -0.3 is 4.74 Å². The lowest BCUT2D eigenvalue weighted by atomic mass is 10.0. The Morgan fingerprint density at radius 2 is 1.90 bits per heavy atom. The van der Waals surface area contributed by atoms with Crippen LogP contribution in [-0.2, 0) is 28.9 Å². The number of ether oxygens (including phenoxy) is 1. The standard InChI is InChI=1S/C23H23ClFN3O3/c1-3-15-6-5-7-16(12-15)8-10-18(29)14-28-22(23(30)31-4-2)26-21(27-28)17-9-11-19(24)20(25)13-17/h5-7,9,11-13H,3-4,8,10,14H2,1-2H3. The summed E-state index contributed by atoms with van der Waals surface area (Å²) in [5, 5.41) is 4.22. The molecule has 1 heterocycles. The average molecular weight is 444 g/mol. The fourth-order valence-corrected chi connectivity index (χ4v) is 3.21. The van der Waals surface area contributed by atoms with Crippen LogP contribution in [0.4, 0.5) is 4.39 Å². The number of hydrogen-bond acceptors (Lipinski definition) is 5. The van der Waals surface area contributed by atoms with Crippen molar-refractivity contribution in [2.45, 2.75) is 39.7 Å². The summed E-state index contributed by atoms with van der Waals surface area (Å²) in [6.07, 6.45) is 1.81. The van der Waals surface area contributed by atoms with Gasteiger partial charge in [-0.2, -0.15) is 0 Å². The maximum Gasteiger partial charge on any atom is 0.376 e. The van der Waals surface area contributed by atoms with Crippen LogP contribution in [-0.4, -0.2) is 33.1 Å². The molecule has 0 aliphatic rings. The van der Waals surface area contributed by atoms with Crippen molar-refractivity contribution in [2.75, 3.05) is 6.61 Å². The SMILES string of the molecule is CCOC(=O)c1nc(-c2ccc(Cl)c(F)c2)nn1CC(=O)CCc1cccc(CC)c1. The Labute approximate surface area is 185 Å². The Morgan fingerprint density at radius 1 is 1.13 bits per heavy atom. The molecule has 2 aromatic carbocycles. The van der Waals surface area contributed by atoms with E-state index in [0.29, 0.717) is 18.4 Å². The Morgan fingerprint density at radius 3 is 2.61 bits per heavy atom. The minimum absolute atomic E-state index is 0.0314. The van der Waals surface area contributed by atoms with Gasteiger partial charge in [0, 0.05) is 12.0 Å². The lowest BCUT2D eigenvalue weighted by molar-refractivity contribution is -0.119. The van der Waals surface area contributed by atoms with E-state index in [2.05, 4.69) is 23.1 Å². The number of rotatable bonds is 9. The van der Waals surface area contributed by atoms with Gasteiger partial charge in [0.1, 0.15) is 12.4 Å². The first-order valence-electron chi connectivity index (χ1n) is 10.1. The van der Waals surface area contributed by atoms with Crippen LogP contribution in [0.3, 0.4) is 0 Å². The van der Waals surface area contributed by atoms with Gasteiger partial charge in [-0.1, -0.05) is 42.8 Å². The first kappa shape index (κ1) is 22.6. The fourth-order valence-electron chi connectivity index (χ4n) is 3.09. The normalized spacial score (nSPS) is 10.8. The van der Waals surface area contributed by atoms with Crippen LogP contribution in [0, 0.1) is 5.82 Å². The average Bonchev–Trinajstić information content (AvgIpc) is 3.18. The van der Waals surface area contributed by atoms with E-state index in [1.165, 1.54) is 22.4 Å². The predicted molar refractivity (Wildman–Crippen MR) is 116 cm³/mol. The molecule has 0 spiro atoms. The number of aromatic nitrogens is 3. The maximum absolute atomic E-state index is 13.8. The van der Waals surface area contributed by atoms with Crippen molar-refractivity contribution in [3.05, 3.63) is 70.3 Å². The van der Waals surface area contributed by atoms with Crippen LogP contribution in [0.1, 0.15) is 42.0 Å². The largest absolute Gasteiger partial charge is 0.460 e. The van der Waals surface area contributed by atoms with E-state index in [1.54, 1.807) is 13.0 Å². The monoisotopic (exact) mass is 443 g/mol. The molecule has 3 rings (SSSR count). The van der Waals surface area contributed by atoms with Crippen LogP contribution in [0.2, 0.25) is 5.02 Å². The summed E-state index contributed by atoms with van der Waals surface area (Å²) in [6, 6.07) is 12.2. The van der Waals surface area contributed by atoms with Crippen molar-refractivity contribution < 1.29 is 18.7 Å². The molecule has 0 amide bonds. The molecule has 0 aliphatic heterocycles. The molecule has 6 nitrogen and oxygen atoms in total. The highest BCUT2D eigenvalue weighted by atomic mass is 35.5. The molecule has 0 aliphatic carbocycles. The van der Waals surface area contributed by atoms with Gasteiger partial charge in [0.05, 0.1) is 11.6 Å². The summed E-state index contributed by atoms with van der Waals surface area (Å²) < 4.78 is 20.1. The Hall–Kier alpha value is -3.06. The van der Waals surface area contributed by atoms with Gasteiger partial charge in [-0.3, -0.25) is 4.79 Å². The molecule has 0 radical (unpaired) electrons. The zero-order valence-electron chi connectivity index (χ0n) is 17.4. The maximum atomic E-state index is 13.8. The second kappa shape index (κ2) is 10.3. The van der Waals surface area contributed by atoms with Crippen LogP contribution in [0.5, 0.6) is 0 Å². The number of ketones is 1. The molecular weight excluding hydrogens is 421 g/mol. The molecule has 162 valence electrons. The van der Waals surface area contributed by atoms with Crippen LogP contribution < -0.4 is 0 Å². The third kappa shape index (κ3) is 5.76. The smallest absolute Gasteiger partial charge is 0.376 e. The number of aryl methyl sites for hydroxylation is 2. The second-order valence-corrected chi connectivity index (χ2v) is 7.39. The van der Waals surface area contributed by atoms with E-state index in [-0.39, 0.29) is 35.6 Å². The summed E-state index contributed by atoms with van der Waals surface area (Å²) in [4.78, 5) is 29.1. The summed E-state index contributed by atoms with van der Waals surface area (Å²) >= 11 is 5.73. The van der Waals surface area contributed by atoms with Crippen molar-refractivity contribution in [1.82, 2.24) is 14.8 Å². The number of halogens is 2. The molecular formula is C23H23ClFN3O3. The summed E-state index contributed by atoms with van der Waals surface area (Å²) in [5.74, 6) is -1.42.